The lowest BCUT2D eigenvalue weighted by Crippen LogP contribution is -2.04. The first-order valence-electron chi connectivity index (χ1n) is 4.84. The Morgan fingerprint density at radius 1 is 1.53 bits per heavy atom. The minimum atomic E-state index is -0.418. The molecule has 1 aromatic rings. The number of non-ortho nitro benzene ring substituents is 1. The minimum Gasteiger partial charge on any atom is -0.383 e. The number of nitrogens with zero attached hydrogens (tertiary/aromatic N) is 1. The third kappa shape index (κ3) is 2.59. The molecule has 2 rings (SSSR count). The van der Waals surface area contributed by atoms with Crippen LogP contribution in [0.5, 0.6) is 0 Å². The van der Waals surface area contributed by atoms with E-state index in [0.717, 1.165) is 6.54 Å². The summed E-state index contributed by atoms with van der Waals surface area (Å²) in [5, 5.41) is 14.2. The number of benzene rings is 1. The van der Waals surface area contributed by atoms with Crippen molar-refractivity contribution in [1.29, 1.82) is 0 Å². The fourth-order valence-corrected chi connectivity index (χ4v) is 1.52. The zero-order valence-electron chi connectivity index (χ0n) is 8.07. The fourth-order valence-electron chi connectivity index (χ4n) is 1.34. The van der Waals surface area contributed by atoms with E-state index >= 15 is 0 Å². The number of nitro groups is 1. The van der Waals surface area contributed by atoms with Crippen LogP contribution in [0.3, 0.4) is 0 Å². The van der Waals surface area contributed by atoms with Crippen LogP contribution in [-0.2, 0) is 0 Å². The molecular weight excluding hydrogens is 216 g/mol. The second-order valence-electron chi connectivity index (χ2n) is 3.75. The van der Waals surface area contributed by atoms with Gasteiger partial charge in [0.05, 0.1) is 15.6 Å². The summed E-state index contributed by atoms with van der Waals surface area (Å²) in [6.07, 6.45) is 2.47. The van der Waals surface area contributed by atoms with Crippen molar-refractivity contribution in [2.45, 2.75) is 12.8 Å². The Balaban J connectivity index is 2.12. The van der Waals surface area contributed by atoms with Crippen LogP contribution >= 0.6 is 11.6 Å². The molecule has 4 nitrogen and oxygen atoms in total. The Hall–Kier alpha value is -1.29. The van der Waals surface area contributed by atoms with Gasteiger partial charge in [0.15, 0.2) is 0 Å². The van der Waals surface area contributed by atoms with Gasteiger partial charge >= 0.3 is 0 Å². The minimum absolute atomic E-state index is 0.0673. The monoisotopic (exact) mass is 226 g/mol. The molecule has 1 N–H and O–H groups in total. The van der Waals surface area contributed by atoms with Gasteiger partial charge in [-0.3, -0.25) is 10.1 Å². The molecule has 0 atom stereocenters. The second-order valence-corrected chi connectivity index (χ2v) is 4.15. The van der Waals surface area contributed by atoms with Crippen molar-refractivity contribution >= 4 is 23.0 Å². The second kappa shape index (κ2) is 4.06. The molecule has 0 amide bonds. The number of hydrogen-bond acceptors (Lipinski definition) is 3. The van der Waals surface area contributed by atoms with E-state index in [4.69, 9.17) is 11.6 Å². The summed E-state index contributed by atoms with van der Waals surface area (Å²) >= 11 is 5.92. The van der Waals surface area contributed by atoms with Gasteiger partial charge in [0, 0.05) is 18.7 Å². The molecule has 1 aliphatic carbocycles. The maximum absolute atomic E-state index is 10.5. The van der Waals surface area contributed by atoms with Crippen LogP contribution in [0.2, 0.25) is 5.02 Å². The molecule has 0 unspecified atom stereocenters. The Bertz CT molecular complexity index is 391. The lowest BCUT2D eigenvalue weighted by atomic mass is 10.2. The van der Waals surface area contributed by atoms with Gasteiger partial charge in [-0.2, -0.15) is 0 Å². The summed E-state index contributed by atoms with van der Waals surface area (Å²) in [5.74, 6) is 0.709. The van der Waals surface area contributed by atoms with E-state index in [-0.39, 0.29) is 5.69 Å². The highest BCUT2D eigenvalue weighted by Gasteiger charge is 2.21. The summed E-state index contributed by atoms with van der Waals surface area (Å²) in [4.78, 5) is 10.1. The largest absolute Gasteiger partial charge is 0.383 e. The molecular formula is C10H11ClN2O2. The summed E-state index contributed by atoms with van der Waals surface area (Å²) in [6, 6.07) is 4.43. The maximum atomic E-state index is 10.5. The number of rotatable bonds is 4. The average Bonchev–Trinajstić information content (AvgIpc) is 3.00. The first kappa shape index (κ1) is 10.2. The zero-order valence-corrected chi connectivity index (χ0v) is 8.83. The summed E-state index contributed by atoms with van der Waals surface area (Å²) in [5.41, 5.74) is 0.718. The number of halogens is 1. The normalized spacial score (nSPS) is 15.0. The third-order valence-corrected chi connectivity index (χ3v) is 2.77. The van der Waals surface area contributed by atoms with E-state index in [1.807, 2.05) is 0 Å². The molecule has 0 heterocycles. The average molecular weight is 227 g/mol. The summed E-state index contributed by atoms with van der Waals surface area (Å²) in [7, 11) is 0. The predicted molar refractivity (Wildman–Crippen MR) is 59.3 cm³/mol. The van der Waals surface area contributed by atoms with Crippen LogP contribution in [0.1, 0.15) is 12.8 Å². The Kier molecular flexibility index (Phi) is 2.77. The van der Waals surface area contributed by atoms with Crippen molar-refractivity contribution in [2.75, 3.05) is 11.9 Å². The van der Waals surface area contributed by atoms with Crippen LogP contribution in [0, 0.1) is 16.0 Å². The fraction of sp³-hybridized carbons (Fsp3) is 0.400. The third-order valence-electron chi connectivity index (χ3n) is 2.44. The van der Waals surface area contributed by atoms with Crippen LogP contribution in [0.4, 0.5) is 11.4 Å². The van der Waals surface area contributed by atoms with E-state index in [9.17, 15) is 10.1 Å². The summed E-state index contributed by atoms with van der Waals surface area (Å²) in [6.45, 7) is 0.848. The van der Waals surface area contributed by atoms with Gasteiger partial charge in [-0.15, -0.1) is 0 Å². The first-order valence-corrected chi connectivity index (χ1v) is 5.22. The molecule has 0 saturated heterocycles. The zero-order chi connectivity index (χ0) is 10.8. The van der Waals surface area contributed by atoms with Crippen molar-refractivity contribution in [1.82, 2.24) is 0 Å². The van der Waals surface area contributed by atoms with Gasteiger partial charge < -0.3 is 5.32 Å². The van der Waals surface area contributed by atoms with Gasteiger partial charge in [0.1, 0.15) is 0 Å². The highest BCUT2D eigenvalue weighted by molar-refractivity contribution is 6.33. The standard InChI is InChI=1S/C10H11ClN2O2/c11-9-4-3-8(13(14)15)5-10(9)12-6-7-1-2-7/h3-5,7,12H,1-2,6H2. The number of nitro benzene ring substituents is 1. The van der Waals surface area contributed by atoms with E-state index in [1.54, 1.807) is 6.07 Å². The molecule has 0 spiro atoms. The van der Waals surface area contributed by atoms with Gasteiger partial charge in [0.2, 0.25) is 0 Å². The molecule has 1 aliphatic rings. The van der Waals surface area contributed by atoms with Gasteiger partial charge in [-0.1, -0.05) is 11.6 Å². The van der Waals surface area contributed by atoms with Crippen molar-refractivity contribution in [3.63, 3.8) is 0 Å². The van der Waals surface area contributed by atoms with Crippen molar-refractivity contribution in [3.05, 3.63) is 33.3 Å². The molecule has 1 fully saturated rings. The maximum Gasteiger partial charge on any atom is 0.271 e. The quantitative estimate of drug-likeness (QED) is 0.634. The van der Waals surface area contributed by atoms with Crippen molar-refractivity contribution < 1.29 is 4.92 Å². The lowest BCUT2D eigenvalue weighted by molar-refractivity contribution is -0.384. The molecule has 0 aromatic heterocycles. The number of nitrogens with one attached hydrogen (secondary N) is 1. The smallest absolute Gasteiger partial charge is 0.271 e. The van der Waals surface area contributed by atoms with Gasteiger partial charge in [-0.05, 0) is 24.8 Å². The molecule has 15 heavy (non-hydrogen) atoms. The number of anilines is 1. The summed E-state index contributed by atoms with van der Waals surface area (Å²) < 4.78 is 0. The molecule has 1 aromatic carbocycles. The van der Waals surface area contributed by atoms with E-state index in [1.165, 1.54) is 25.0 Å². The highest BCUT2D eigenvalue weighted by Crippen LogP contribution is 2.31. The van der Waals surface area contributed by atoms with E-state index < -0.39 is 4.92 Å². The molecule has 0 aliphatic heterocycles. The molecule has 0 bridgehead atoms. The SMILES string of the molecule is O=[N+]([O-])c1ccc(Cl)c(NCC2CC2)c1. The predicted octanol–water partition coefficient (Wildman–Crippen LogP) is 3.07. The molecule has 0 radical (unpaired) electrons. The van der Waals surface area contributed by atoms with Crippen LogP contribution < -0.4 is 5.32 Å². The highest BCUT2D eigenvalue weighted by atomic mass is 35.5. The van der Waals surface area contributed by atoms with E-state index in [0.29, 0.717) is 16.6 Å². The Morgan fingerprint density at radius 3 is 2.87 bits per heavy atom. The van der Waals surface area contributed by atoms with Crippen molar-refractivity contribution in [3.8, 4) is 0 Å². The Labute approximate surface area is 92.4 Å². The van der Waals surface area contributed by atoms with Crippen LogP contribution in [-0.4, -0.2) is 11.5 Å². The Morgan fingerprint density at radius 2 is 2.27 bits per heavy atom. The number of hydrogen-bond donors (Lipinski definition) is 1. The molecule has 80 valence electrons. The van der Waals surface area contributed by atoms with Crippen molar-refractivity contribution in [2.24, 2.45) is 5.92 Å². The van der Waals surface area contributed by atoms with E-state index in [2.05, 4.69) is 5.32 Å². The molecule has 1 saturated carbocycles. The van der Waals surface area contributed by atoms with Gasteiger partial charge in [-0.25, -0.2) is 0 Å². The topological polar surface area (TPSA) is 55.2 Å². The first-order chi connectivity index (χ1) is 7.16. The van der Waals surface area contributed by atoms with Crippen LogP contribution in [0.25, 0.3) is 0 Å². The van der Waals surface area contributed by atoms with Gasteiger partial charge in [0.25, 0.3) is 5.69 Å². The molecule has 5 heteroatoms. The van der Waals surface area contributed by atoms with Crippen LogP contribution in [0.15, 0.2) is 18.2 Å². The lowest BCUT2D eigenvalue weighted by Gasteiger charge is -2.06.